The van der Waals surface area contributed by atoms with Gasteiger partial charge in [0.05, 0.1) is 24.8 Å². The molecule has 0 spiro atoms. The van der Waals surface area contributed by atoms with E-state index in [1.54, 1.807) is 0 Å². The number of imidazole rings is 1. The smallest absolute Gasteiger partial charge is 0.228 e. The van der Waals surface area contributed by atoms with E-state index in [0.29, 0.717) is 18.1 Å². The summed E-state index contributed by atoms with van der Waals surface area (Å²) in [5.74, 6) is 1.32. The molecule has 3 rings (SSSR count). The van der Waals surface area contributed by atoms with Crippen molar-refractivity contribution in [1.82, 2.24) is 25.0 Å². The molecule has 0 radical (unpaired) electrons. The van der Waals surface area contributed by atoms with Crippen LogP contribution in [0.1, 0.15) is 23.5 Å². The lowest BCUT2D eigenvalue weighted by Crippen LogP contribution is -2.34. The van der Waals surface area contributed by atoms with Crippen LogP contribution in [-0.4, -0.2) is 39.4 Å². The van der Waals surface area contributed by atoms with Crippen molar-refractivity contribution in [2.75, 3.05) is 19.7 Å². The summed E-state index contributed by atoms with van der Waals surface area (Å²) in [6.07, 6.45) is 4.44. The third-order valence-corrected chi connectivity index (χ3v) is 3.14. The highest BCUT2D eigenvalue weighted by atomic mass is 16.5. The van der Waals surface area contributed by atoms with Crippen molar-refractivity contribution in [1.29, 1.82) is 0 Å². The molecule has 102 valence electrons. The molecule has 1 saturated heterocycles. The SMILES string of the molecule is Cc1noc(CCn2cncc2C2CNCCO2)n1. The number of aromatic nitrogens is 4. The van der Waals surface area contributed by atoms with Crippen LogP contribution in [0.15, 0.2) is 17.0 Å². The molecule has 3 heterocycles. The maximum absolute atomic E-state index is 5.74. The standard InChI is InChI=1S/C12H17N5O2/c1-9-15-12(19-16-9)2-4-17-8-14-6-10(17)11-7-13-3-5-18-11/h6,8,11,13H,2-5,7H2,1H3. The van der Waals surface area contributed by atoms with Gasteiger partial charge in [0, 0.05) is 26.1 Å². The van der Waals surface area contributed by atoms with Crippen LogP contribution in [0.3, 0.4) is 0 Å². The topological polar surface area (TPSA) is 78.0 Å². The second kappa shape index (κ2) is 5.50. The summed E-state index contributed by atoms with van der Waals surface area (Å²) in [6, 6.07) is 0. The Kier molecular flexibility index (Phi) is 3.56. The monoisotopic (exact) mass is 263 g/mol. The van der Waals surface area contributed by atoms with E-state index in [-0.39, 0.29) is 6.10 Å². The van der Waals surface area contributed by atoms with Crippen molar-refractivity contribution in [3.63, 3.8) is 0 Å². The molecule has 1 aliphatic rings. The fraction of sp³-hybridized carbons (Fsp3) is 0.583. The van der Waals surface area contributed by atoms with Gasteiger partial charge in [-0.15, -0.1) is 0 Å². The van der Waals surface area contributed by atoms with Gasteiger partial charge < -0.3 is 19.1 Å². The van der Waals surface area contributed by atoms with E-state index in [1.807, 2.05) is 19.4 Å². The molecule has 1 N–H and O–H groups in total. The molecule has 2 aromatic heterocycles. The van der Waals surface area contributed by atoms with Gasteiger partial charge in [-0.3, -0.25) is 0 Å². The quantitative estimate of drug-likeness (QED) is 0.864. The van der Waals surface area contributed by atoms with E-state index in [1.165, 1.54) is 0 Å². The van der Waals surface area contributed by atoms with Crippen LogP contribution in [-0.2, 0) is 17.7 Å². The second-order valence-corrected chi connectivity index (χ2v) is 4.56. The molecule has 1 atom stereocenters. The van der Waals surface area contributed by atoms with Crippen LogP contribution >= 0.6 is 0 Å². The fourth-order valence-corrected chi connectivity index (χ4v) is 2.20. The summed E-state index contributed by atoms with van der Waals surface area (Å²) < 4.78 is 12.9. The Morgan fingerprint density at radius 2 is 2.47 bits per heavy atom. The summed E-state index contributed by atoms with van der Waals surface area (Å²) in [4.78, 5) is 8.40. The Balaban J connectivity index is 1.66. The van der Waals surface area contributed by atoms with Crippen molar-refractivity contribution in [2.24, 2.45) is 0 Å². The first-order valence-corrected chi connectivity index (χ1v) is 6.44. The largest absolute Gasteiger partial charge is 0.369 e. The van der Waals surface area contributed by atoms with Crippen molar-refractivity contribution in [2.45, 2.75) is 26.0 Å². The molecule has 19 heavy (non-hydrogen) atoms. The van der Waals surface area contributed by atoms with Crippen molar-refractivity contribution < 1.29 is 9.26 Å². The zero-order chi connectivity index (χ0) is 13.1. The number of nitrogens with zero attached hydrogens (tertiary/aromatic N) is 4. The molecule has 7 heteroatoms. The minimum Gasteiger partial charge on any atom is -0.369 e. The average Bonchev–Trinajstić information content (AvgIpc) is 3.06. The summed E-state index contributed by atoms with van der Waals surface area (Å²) in [6.45, 7) is 5.05. The molecule has 1 aliphatic heterocycles. The molecule has 7 nitrogen and oxygen atoms in total. The zero-order valence-electron chi connectivity index (χ0n) is 10.9. The molecule has 0 aromatic carbocycles. The first-order chi connectivity index (χ1) is 9.33. The number of ether oxygens (including phenoxy) is 1. The number of aryl methyl sites for hydroxylation is 3. The van der Waals surface area contributed by atoms with Gasteiger partial charge in [-0.2, -0.15) is 4.98 Å². The molecule has 0 bridgehead atoms. The number of nitrogens with one attached hydrogen (secondary N) is 1. The molecular formula is C12H17N5O2. The molecule has 1 fully saturated rings. The maximum atomic E-state index is 5.74. The Bertz CT molecular complexity index is 530. The average molecular weight is 263 g/mol. The third-order valence-electron chi connectivity index (χ3n) is 3.14. The van der Waals surface area contributed by atoms with E-state index in [2.05, 4.69) is 25.0 Å². The Labute approximate surface area is 111 Å². The zero-order valence-corrected chi connectivity index (χ0v) is 10.9. The lowest BCUT2D eigenvalue weighted by molar-refractivity contribution is 0.0227. The predicted octanol–water partition coefficient (Wildman–Crippen LogP) is 0.478. The van der Waals surface area contributed by atoms with Gasteiger partial charge in [0.25, 0.3) is 0 Å². The van der Waals surface area contributed by atoms with Crippen LogP contribution in [0.5, 0.6) is 0 Å². The van der Waals surface area contributed by atoms with Crippen LogP contribution in [0, 0.1) is 6.92 Å². The Hall–Kier alpha value is -1.73. The minimum absolute atomic E-state index is 0.0701. The Morgan fingerprint density at radius 1 is 1.53 bits per heavy atom. The van der Waals surface area contributed by atoms with E-state index < -0.39 is 0 Å². The van der Waals surface area contributed by atoms with Gasteiger partial charge in [-0.05, 0) is 6.92 Å². The maximum Gasteiger partial charge on any atom is 0.228 e. The molecular weight excluding hydrogens is 246 g/mol. The van der Waals surface area contributed by atoms with E-state index in [4.69, 9.17) is 9.26 Å². The molecule has 0 aliphatic carbocycles. The van der Waals surface area contributed by atoms with Crippen LogP contribution < -0.4 is 5.32 Å². The second-order valence-electron chi connectivity index (χ2n) is 4.56. The number of morpholine rings is 1. The van der Waals surface area contributed by atoms with Gasteiger partial charge in [0.2, 0.25) is 5.89 Å². The molecule has 0 amide bonds. The molecule has 1 unspecified atom stereocenters. The normalized spacial score (nSPS) is 19.7. The van der Waals surface area contributed by atoms with Crippen molar-refractivity contribution in [3.8, 4) is 0 Å². The van der Waals surface area contributed by atoms with Crippen molar-refractivity contribution >= 4 is 0 Å². The van der Waals surface area contributed by atoms with Gasteiger partial charge in [-0.1, -0.05) is 5.16 Å². The third kappa shape index (κ3) is 2.82. The van der Waals surface area contributed by atoms with Gasteiger partial charge >= 0.3 is 0 Å². The Morgan fingerprint density at radius 3 is 3.21 bits per heavy atom. The highest BCUT2D eigenvalue weighted by molar-refractivity contribution is 5.05. The molecule has 2 aromatic rings. The van der Waals surface area contributed by atoms with Gasteiger partial charge in [0.1, 0.15) is 6.10 Å². The summed E-state index contributed by atoms with van der Waals surface area (Å²) in [5.41, 5.74) is 1.09. The molecule has 0 saturated carbocycles. The summed E-state index contributed by atoms with van der Waals surface area (Å²) in [5, 5.41) is 7.10. The van der Waals surface area contributed by atoms with Crippen LogP contribution in [0.25, 0.3) is 0 Å². The van der Waals surface area contributed by atoms with Crippen LogP contribution in [0.2, 0.25) is 0 Å². The first-order valence-electron chi connectivity index (χ1n) is 6.44. The van der Waals surface area contributed by atoms with E-state index in [9.17, 15) is 0 Å². The predicted molar refractivity (Wildman–Crippen MR) is 66.5 cm³/mol. The number of hydrogen-bond acceptors (Lipinski definition) is 6. The van der Waals surface area contributed by atoms with Crippen molar-refractivity contribution in [3.05, 3.63) is 29.9 Å². The van der Waals surface area contributed by atoms with Crippen LogP contribution in [0.4, 0.5) is 0 Å². The van der Waals surface area contributed by atoms with E-state index >= 15 is 0 Å². The summed E-state index contributed by atoms with van der Waals surface area (Å²) >= 11 is 0. The highest BCUT2D eigenvalue weighted by Crippen LogP contribution is 2.18. The van der Waals surface area contributed by atoms with Gasteiger partial charge in [-0.25, -0.2) is 4.98 Å². The first kappa shape index (κ1) is 12.3. The fourth-order valence-electron chi connectivity index (χ4n) is 2.20. The number of rotatable bonds is 4. The number of hydrogen-bond donors (Lipinski definition) is 1. The van der Waals surface area contributed by atoms with E-state index in [0.717, 1.165) is 31.9 Å². The summed E-state index contributed by atoms with van der Waals surface area (Å²) in [7, 11) is 0. The van der Waals surface area contributed by atoms with Gasteiger partial charge in [0.15, 0.2) is 5.82 Å². The highest BCUT2D eigenvalue weighted by Gasteiger charge is 2.19. The lowest BCUT2D eigenvalue weighted by Gasteiger charge is -2.24. The lowest BCUT2D eigenvalue weighted by atomic mass is 10.2. The minimum atomic E-state index is 0.0701.